The Hall–Kier alpha value is -4.62. The third kappa shape index (κ3) is 5.87. The molecule has 1 unspecified atom stereocenters. The van der Waals surface area contributed by atoms with Crippen LogP contribution in [0, 0.1) is 0 Å². The highest BCUT2D eigenvalue weighted by Gasteiger charge is 2.54. The summed E-state index contributed by atoms with van der Waals surface area (Å²) in [5, 5.41) is 12.3. The summed E-state index contributed by atoms with van der Waals surface area (Å²) in [6.07, 6.45) is -0.553. The first-order chi connectivity index (χ1) is 22.0. The summed E-state index contributed by atoms with van der Waals surface area (Å²) in [7, 11) is 7.79. The van der Waals surface area contributed by atoms with Gasteiger partial charge in [0.2, 0.25) is 5.91 Å². The molecular formula is C33H33N5O6S2. The number of nitrogens with zero attached hydrogens (tertiary/aromatic N) is 4. The van der Waals surface area contributed by atoms with Gasteiger partial charge in [0.15, 0.2) is 0 Å². The monoisotopic (exact) mass is 659 g/mol. The fraction of sp³-hybridized carbons (Fsp3) is 0.273. The first-order valence-corrected chi connectivity index (χ1v) is 16.4. The largest absolute Gasteiger partial charge is 0.477 e. The van der Waals surface area contributed by atoms with Crippen LogP contribution in [0.5, 0.6) is 0 Å². The van der Waals surface area contributed by atoms with Crippen LogP contribution < -0.4 is 20.0 Å². The molecule has 0 radical (unpaired) electrons. The Morgan fingerprint density at radius 2 is 1.54 bits per heavy atom. The molecule has 3 aromatic carbocycles. The number of hydrogen-bond donors (Lipinski definition) is 2. The molecule has 2 atom stereocenters. The zero-order chi connectivity index (χ0) is 32.7. The number of carboxylic acid groups (broad SMARTS) is 1. The van der Waals surface area contributed by atoms with Crippen molar-refractivity contribution < 1.29 is 29.0 Å². The number of anilines is 4. The number of benzene rings is 3. The lowest BCUT2D eigenvalue weighted by Gasteiger charge is -2.49. The number of fused-ring (bicyclic) bond motifs is 3. The van der Waals surface area contributed by atoms with E-state index < -0.39 is 29.4 Å². The molecule has 3 amide bonds. The highest BCUT2D eigenvalue weighted by atomic mass is 32.2. The maximum Gasteiger partial charge on any atom is 0.419 e. The maximum absolute atomic E-state index is 13.8. The molecule has 3 heterocycles. The molecule has 0 saturated carbocycles. The molecule has 3 aromatic rings. The molecule has 1 fully saturated rings. The van der Waals surface area contributed by atoms with Crippen molar-refractivity contribution in [2.24, 2.45) is 0 Å². The Bertz CT molecular complexity index is 1700. The number of aliphatic carboxylic acids is 1. The summed E-state index contributed by atoms with van der Waals surface area (Å²) in [6.45, 7) is -0.311. The summed E-state index contributed by atoms with van der Waals surface area (Å²) in [6, 6.07) is 19.9. The molecule has 0 bridgehead atoms. The average molecular weight is 660 g/mol. The molecule has 0 aromatic heterocycles. The van der Waals surface area contributed by atoms with Gasteiger partial charge in [0, 0.05) is 60.7 Å². The van der Waals surface area contributed by atoms with Crippen molar-refractivity contribution in [2.45, 2.75) is 27.6 Å². The molecule has 11 nitrogen and oxygen atoms in total. The molecule has 6 rings (SSSR count). The SMILES string of the molecule is CN(C)c1ccc2c(c1)Sc1cc(N(C)C)ccc1N2C(=O)OCC1=C(C(=O)O)N2C(=O)[C@H](NC(=O)Cc3ccccc3)C2SC1. The van der Waals surface area contributed by atoms with E-state index in [1.54, 1.807) is 11.8 Å². The topological polar surface area (TPSA) is 123 Å². The quantitative estimate of drug-likeness (QED) is 0.334. The number of carbonyl (C=O) groups excluding carboxylic acids is 3. The number of nitrogens with one attached hydrogen (secondary N) is 1. The van der Waals surface area contributed by atoms with Crippen molar-refractivity contribution in [3.63, 3.8) is 0 Å². The van der Waals surface area contributed by atoms with E-state index in [1.165, 1.54) is 21.6 Å². The predicted octanol–water partition coefficient (Wildman–Crippen LogP) is 4.54. The van der Waals surface area contributed by atoms with Crippen LogP contribution in [0.25, 0.3) is 0 Å². The normalized spacial score (nSPS) is 18.1. The molecule has 1 saturated heterocycles. The van der Waals surface area contributed by atoms with Gasteiger partial charge in [0.1, 0.15) is 23.7 Å². The lowest BCUT2D eigenvalue weighted by molar-refractivity contribution is -0.150. The Labute approximate surface area is 275 Å². The molecule has 3 aliphatic rings. The van der Waals surface area contributed by atoms with E-state index in [4.69, 9.17) is 4.74 Å². The van der Waals surface area contributed by atoms with Gasteiger partial charge < -0.3 is 25.0 Å². The van der Waals surface area contributed by atoms with Gasteiger partial charge in [-0.1, -0.05) is 42.1 Å². The van der Waals surface area contributed by atoms with E-state index >= 15 is 0 Å². The van der Waals surface area contributed by atoms with Gasteiger partial charge in [-0.25, -0.2) is 14.5 Å². The number of amides is 3. The molecule has 0 aliphatic carbocycles. The highest BCUT2D eigenvalue weighted by molar-refractivity contribution is 8.00. The molecule has 3 aliphatic heterocycles. The lowest BCUT2D eigenvalue weighted by Crippen LogP contribution is -2.70. The van der Waals surface area contributed by atoms with E-state index in [9.17, 15) is 24.3 Å². The van der Waals surface area contributed by atoms with Gasteiger partial charge in [-0.3, -0.25) is 14.5 Å². The van der Waals surface area contributed by atoms with E-state index in [0.717, 1.165) is 26.7 Å². The van der Waals surface area contributed by atoms with Crippen LogP contribution in [-0.2, 0) is 25.5 Å². The Morgan fingerprint density at radius 1 is 0.935 bits per heavy atom. The Kier molecular flexibility index (Phi) is 8.62. The minimum absolute atomic E-state index is 0.110. The Morgan fingerprint density at radius 3 is 2.11 bits per heavy atom. The molecular weight excluding hydrogens is 627 g/mol. The van der Waals surface area contributed by atoms with Crippen molar-refractivity contribution in [2.75, 3.05) is 55.3 Å². The third-order valence-corrected chi connectivity index (χ3v) is 10.4. The maximum atomic E-state index is 13.8. The Balaban J connectivity index is 1.21. The van der Waals surface area contributed by atoms with Crippen molar-refractivity contribution in [3.8, 4) is 0 Å². The van der Waals surface area contributed by atoms with E-state index in [1.807, 2.05) is 105 Å². The zero-order valence-electron chi connectivity index (χ0n) is 25.7. The minimum Gasteiger partial charge on any atom is -0.477 e. The summed E-state index contributed by atoms with van der Waals surface area (Å²) < 4.78 is 5.79. The number of carboxylic acids is 1. The first kappa shape index (κ1) is 31.4. The van der Waals surface area contributed by atoms with Crippen molar-refractivity contribution >= 4 is 70.2 Å². The van der Waals surface area contributed by atoms with E-state index in [-0.39, 0.29) is 30.4 Å². The highest BCUT2D eigenvalue weighted by Crippen LogP contribution is 2.50. The lowest BCUT2D eigenvalue weighted by atomic mass is 10.0. The standard InChI is InChI=1S/C33H33N5O6S2/c1-35(2)21-10-12-23-25(15-21)46-26-16-22(36(3)4)11-13-24(26)37(23)33(43)44-17-20-18-45-31-28(30(40)38(31)29(20)32(41)42)34-27(39)14-19-8-6-5-7-9-19/h5-13,15-16,28,31H,14,17-18H2,1-4H3,(H,34,39)(H,41,42)/t28-,31?/m0/s1. The summed E-state index contributed by atoms with van der Waals surface area (Å²) in [5.41, 5.74) is 4.17. The van der Waals surface area contributed by atoms with Crippen LogP contribution in [0.3, 0.4) is 0 Å². The van der Waals surface area contributed by atoms with Crippen molar-refractivity contribution in [1.29, 1.82) is 0 Å². The number of carbonyl (C=O) groups is 4. The smallest absolute Gasteiger partial charge is 0.419 e. The van der Waals surface area contributed by atoms with Gasteiger partial charge in [-0.15, -0.1) is 11.8 Å². The van der Waals surface area contributed by atoms with E-state index in [2.05, 4.69) is 5.32 Å². The fourth-order valence-electron chi connectivity index (χ4n) is 5.55. The summed E-state index contributed by atoms with van der Waals surface area (Å²) >= 11 is 2.89. The van der Waals surface area contributed by atoms with Crippen LogP contribution in [0.15, 0.2) is 87.8 Å². The number of ether oxygens (including phenoxy) is 1. The van der Waals surface area contributed by atoms with Crippen LogP contribution in [0.4, 0.5) is 27.5 Å². The summed E-state index contributed by atoms with van der Waals surface area (Å²) in [5.74, 6) is -1.91. The molecule has 2 N–H and O–H groups in total. The van der Waals surface area contributed by atoms with Gasteiger partial charge in [0.25, 0.3) is 5.91 Å². The second kappa shape index (κ2) is 12.6. The number of β-lactam (4-membered cyclic amide) rings is 1. The van der Waals surface area contributed by atoms with Crippen LogP contribution >= 0.6 is 23.5 Å². The number of thioether (sulfide) groups is 1. The summed E-state index contributed by atoms with van der Waals surface area (Å²) in [4.78, 5) is 60.4. The van der Waals surface area contributed by atoms with Crippen molar-refractivity contribution in [3.05, 3.63) is 83.6 Å². The third-order valence-electron chi connectivity index (χ3n) is 7.95. The van der Waals surface area contributed by atoms with Gasteiger partial charge >= 0.3 is 12.1 Å². The molecule has 0 spiro atoms. The number of rotatable bonds is 8. The number of hydrogen-bond acceptors (Lipinski definition) is 9. The first-order valence-electron chi connectivity index (χ1n) is 14.5. The molecule has 238 valence electrons. The van der Waals surface area contributed by atoms with Gasteiger partial charge in [-0.05, 0) is 42.0 Å². The minimum atomic E-state index is -1.30. The molecule has 13 heteroatoms. The average Bonchev–Trinajstić information content (AvgIpc) is 3.04. The van der Waals surface area contributed by atoms with E-state index in [0.29, 0.717) is 16.9 Å². The van der Waals surface area contributed by atoms with Crippen LogP contribution in [0.1, 0.15) is 5.56 Å². The van der Waals surface area contributed by atoms with Crippen LogP contribution in [-0.4, -0.2) is 85.8 Å². The van der Waals surface area contributed by atoms with Gasteiger partial charge in [-0.2, -0.15) is 0 Å². The zero-order valence-corrected chi connectivity index (χ0v) is 27.4. The fourth-order valence-corrected chi connectivity index (χ4v) is 8.00. The van der Waals surface area contributed by atoms with Crippen LogP contribution in [0.2, 0.25) is 0 Å². The molecule has 46 heavy (non-hydrogen) atoms. The van der Waals surface area contributed by atoms with Crippen molar-refractivity contribution in [1.82, 2.24) is 10.2 Å². The second-order valence-corrected chi connectivity index (χ2v) is 13.6. The second-order valence-electron chi connectivity index (χ2n) is 11.5. The van der Waals surface area contributed by atoms with Gasteiger partial charge in [0.05, 0.1) is 17.8 Å². The predicted molar refractivity (Wildman–Crippen MR) is 179 cm³/mol.